The van der Waals surface area contributed by atoms with Crippen LogP contribution in [0.2, 0.25) is 0 Å². The average molecular weight is 306 g/mol. The van der Waals surface area contributed by atoms with Crippen molar-refractivity contribution in [3.63, 3.8) is 0 Å². The van der Waals surface area contributed by atoms with Gasteiger partial charge >= 0.3 is 24.6 Å². The molecule has 0 rings (SSSR count). The Morgan fingerprint density at radius 3 is 0.550 bits per heavy atom. The number of unbranched alkanes of at least 4 members (excludes halogenated alkanes) is 1. The molecule has 0 aromatic carbocycles. The van der Waals surface area contributed by atoms with E-state index in [9.17, 15) is 0 Å². The summed E-state index contributed by atoms with van der Waals surface area (Å²) in [7, 11) is 0. The van der Waals surface area contributed by atoms with Crippen LogP contribution in [-0.4, -0.2) is 65.5 Å². The summed E-state index contributed by atoms with van der Waals surface area (Å²) in [5.74, 6) is 0. The second-order valence-corrected chi connectivity index (χ2v) is 2.13. The molecule has 0 saturated carbocycles. The van der Waals surface area contributed by atoms with E-state index in [0.29, 0.717) is 0 Å². The van der Waals surface area contributed by atoms with Gasteiger partial charge in [-0.2, -0.15) is 0 Å². The van der Waals surface area contributed by atoms with Gasteiger partial charge in [-0.15, -0.1) is 0 Å². The molecule has 0 radical (unpaired) electrons. The van der Waals surface area contributed by atoms with E-state index in [0.717, 1.165) is 0 Å². The predicted molar refractivity (Wildman–Crippen MR) is 63.2 cm³/mol. The molecular weight excluding hydrogens is 288 g/mol. The van der Waals surface area contributed by atoms with Gasteiger partial charge in [-0.1, -0.05) is 26.7 Å². The molecule has 0 aromatic rings. The monoisotopic (exact) mass is 306 g/mol. The van der Waals surface area contributed by atoms with Gasteiger partial charge in [-0.05, 0) is 0 Å². The first-order valence-corrected chi connectivity index (χ1v) is 4.52. The second-order valence-electron chi connectivity index (χ2n) is 2.13. The second kappa shape index (κ2) is 29.8. The summed E-state index contributed by atoms with van der Waals surface area (Å²) in [6, 6.07) is 0. The lowest BCUT2D eigenvalue weighted by molar-refractivity contribution is 0.135. The zero-order valence-corrected chi connectivity index (χ0v) is 10.6. The van der Waals surface area contributed by atoms with Crippen molar-refractivity contribution in [1.82, 2.24) is 0 Å². The molecule has 8 N–H and O–H groups in total. The number of carboxylic acid groups (broad SMARTS) is 8. The van der Waals surface area contributed by atoms with Crippen molar-refractivity contribution in [2.24, 2.45) is 0 Å². The van der Waals surface area contributed by atoms with Crippen molar-refractivity contribution in [1.29, 1.82) is 0 Å². The quantitative estimate of drug-likeness (QED) is 0.349. The fraction of sp³-hybridized carbons (Fsp3) is 0.500. The van der Waals surface area contributed by atoms with Gasteiger partial charge in [0.15, 0.2) is 0 Å². The van der Waals surface area contributed by atoms with Crippen LogP contribution in [0.1, 0.15) is 26.7 Å². The van der Waals surface area contributed by atoms with Crippen LogP contribution in [-0.2, 0) is 0 Å². The van der Waals surface area contributed by atoms with Crippen LogP contribution in [0, 0.1) is 0 Å². The van der Waals surface area contributed by atoms with E-state index in [2.05, 4.69) is 13.8 Å². The molecule has 12 nitrogen and oxygen atoms in total. The van der Waals surface area contributed by atoms with E-state index in [4.69, 9.17) is 60.0 Å². The third-order valence-electron chi connectivity index (χ3n) is 0.500. The molecule has 0 amide bonds. The Kier molecular flexibility index (Phi) is 45.1. The first-order valence-electron chi connectivity index (χ1n) is 4.52. The highest BCUT2D eigenvalue weighted by Crippen LogP contribution is 1.76. The Bertz CT molecular complexity index is 182. The van der Waals surface area contributed by atoms with Crippen LogP contribution in [0.5, 0.6) is 0 Å². The van der Waals surface area contributed by atoms with Gasteiger partial charge in [0, 0.05) is 0 Å². The lowest BCUT2D eigenvalue weighted by atomic mass is 10.4. The van der Waals surface area contributed by atoms with Crippen LogP contribution < -0.4 is 0 Å². The Balaban J connectivity index is -0.0000000469. The molecule has 0 aromatic heterocycles. The lowest BCUT2D eigenvalue weighted by Crippen LogP contribution is -1.81. The molecule has 0 bridgehead atoms. The zero-order valence-electron chi connectivity index (χ0n) is 10.6. The fourth-order valence-corrected chi connectivity index (χ4v) is 0. The molecule has 0 unspecified atom stereocenters. The summed E-state index contributed by atoms with van der Waals surface area (Å²) in [5, 5.41) is 55.8. The van der Waals surface area contributed by atoms with Crippen molar-refractivity contribution in [3.8, 4) is 0 Å². The van der Waals surface area contributed by atoms with Crippen molar-refractivity contribution in [2.75, 3.05) is 0 Å². The minimum Gasteiger partial charge on any atom is -0.450 e. The number of hydrogen-bond donors (Lipinski definition) is 8. The van der Waals surface area contributed by atoms with Crippen LogP contribution in [0.15, 0.2) is 0 Å². The number of hydrogen-bond acceptors (Lipinski definition) is 4. The van der Waals surface area contributed by atoms with Gasteiger partial charge in [-0.25, -0.2) is 19.2 Å². The maximum atomic E-state index is 8.56. The molecule has 0 fully saturated rings. The topological polar surface area (TPSA) is 230 Å². The highest BCUT2D eigenvalue weighted by atomic mass is 16.6. The summed E-state index contributed by atoms with van der Waals surface area (Å²) >= 11 is 0. The Labute approximate surface area is 112 Å². The summed E-state index contributed by atoms with van der Waals surface area (Å²) in [6.07, 6.45) is -4.69. The highest BCUT2D eigenvalue weighted by Gasteiger charge is 1.71. The standard InChI is InChI=1S/C4H10.4CH2O3/c1-3-4-2;4*2-1(3)4/h3-4H2,1-2H3;4*(H2,2,3,4). The van der Waals surface area contributed by atoms with Crippen molar-refractivity contribution >= 4 is 24.6 Å². The van der Waals surface area contributed by atoms with Gasteiger partial charge < -0.3 is 40.9 Å². The zero-order chi connectivity index (χ0) is 17.7. The van der Waals surface area contributed by atoms with E-state index >= 15 is 0 Å². The first kappa shape index (κ1) is 30.3. The van der Waals surface area contributed by atoms with E-state index in [1.165, 1.54) is 12.8 Å². The molecular formula is C8H18O12. The third kappa shape index (κ3) is 811. The number of carbonyl (C=O) groups is 4. The predicted octanol–water partition coefficient (Wildman–Crippen LogP) is 2.70. The van der Waals surface area contributed by atoms with Crippen molar-refractivity contribution in [3.05, 3.63) is 0 Å². The lowest BCUT2D eigenvalue weighted by Gasteiger charge is -1.68. The van der Waals surface area contributed by atoms with E-state index in [1.807, 2.05) is 0 Å². The molecule has 0 aliphatic heterocycles. The van der Waals surface area contributed by atoms with Crippen LogP contribution >= 0.6 is 0 Å². The Hall–Kier alpha value is -2.92. The van der Waals surface area contributed by atoms with E-state index in [-0.39, 0.29) is 0 Å². The summed E-state index contributed by atoms with van der Waals surface area (Å²) in [5.41, 5.74) is 0. The Morgan fingerprint density at radius 2 is 0.550 bits per heavy atom. The van der Waals surface area contributed by atoms with Crippen molar-refractivity contribution in [2.45, 2.75) is 26.7 Å². The highest BCUT2D eigenvalue weighted by molar-refractivity contribution is 5.54. The van der Waals surface area contributed by atoms with Gasteiger partial charge in [0.1, 0.15) is 0 Å². The molecule has 0 aliphatic rings. The maximum absolute atomic E-state index is 8.56. The summed E-state index contributed by atoms with van der Waals surface area (Å²) in [6.45, 7) is 4.36. The van der Waals surface area contributed by atoms with Crippen LogP contribution in [0.4, 0.5) is 19.2 Å². The largest absolute Gasteiger partial charge is 0.503 e. The minimum absolute atomic E-state index is 1.32. The smallest absolute Gasteiger partial charge is 0.450 e. The van der Waals surface area contributed by atoms with E-state index in [1.54, 1.807) is 0 Å². The van der Waals surface area contributed by atoms with Gasteiger partial charge in [0.25, 0.3) is 0 Å². The molecule has 0 aliphatic carbocycles. The molecule has 0 spiro atoms. The molecule has 0 atom stereocenters. The van der Waals surface area contributed by atoms with Crippen LogP contribution in [0.3, 0.4) is 0 Å². The molecule has 122 valence electrons. The normalized spacial score (nSPS) is 6.30. The van der Waals surface area contributed by atoms with Gasteiger partial charge in [0.05, 0.1) is 0 Å². The molecule has 0 saturated heterocycles. The summed E-state index contributed by atoms with van der Waals surface area (Å²) in [4.78, 5) is 34.2. The van der Waals surface area contributed by atoms with Crippen LogP contribution in [0.25, 0.3) is 0 Å². The maximum Gasteiger partial charge on any atom is 0.503 e. The average Bonchev–Trinajstić information content (AvgIpc) is 2.13. The van der Waals surface area contributed by atoms with Crippen molar-refractivity contribution < 1.29 is 60.0 Å². The number of rotatable bonds is 1. The molecule has 20 heavy (non-hydrogen) atoms. The van der Waals surface area contributed by atoms with E-state index < -0.39 is 24.6 Å². The summed E-state index contributed by atoms with van der Waals surface area (Å²) < 4.78 is 0. The Morgan fingerprint density at radius 1 is 0.500 bits per heavy atom. The molecule has 12 heteroatoms. The molecule has 0 heterocycles. The van der Waals surface area contributed by atoms with Gasteiger partial charge in [0.2, 0.25) is 0 Å². The van der Waals surface area contributed by atoms with Gasteiger partial charge in [-0.3, -0.25) is 0 Å². The first-order chi connectivity index (χ1) is 8.84. The SMILES string of the molecule is CCCC.O=C(O)O.O=C(O)O.O=C(O)O.O=C(O)O. The third-order valence-corrected chi connectivity index (χ3v) is 0.500. The fourth-order valence-electron chi connectivity index (χ4n) is 0. The minimum atomic E-state index is -1.83.